The molecule has 0 spiro atoms. The Hall–Kier alpha value is -0.820. The van der Waals surface area contributed by atoms with Crippen LogP contribution in [0.2, 0.25) is 0 Å². The zero-order valence-electron chi connectivity index (χ0n) is 12.5. The minimum atomic E-state index is -4.25. The highest BCUT2D eigenvalue weighted by Crippen LogP contribution is 2.42. The van der Waals surface area contributed by atoms with Crippen molar-refractivity contribution in [3.8, 4) is 0 Å². The highest BCUT2D eigenvalue weighted by atomic mass is 19.4. The van der Waals surface area contributed by atoms with Gasteiger partial charge < -0.3 is 10.1 Å². The molecule has 0 bridgehead atoms. The van der Waals surface area contributed by atoms with Gasteiger partial charge in [0.15, 0.2) is 0 Å². The SMILES string of the molecule is CCOC(=O)C(CN(CC(F)(F)F)C1CC1)(NC)C1CC1. The lowest BCUT2D eigenvalue weighted by Crippen LogP contribution is -2.61. The first-order valence-electron chi connectivity index (χ1n) is 7.49. The van der Waals surface area contributed by atoms with E-state index in [1.807, 2.05) is 0 Å². The number of hydrogen-bond donors (Lipinski definition) is 1. The Labute approximate surface area is 123 Å². The molecule has 0 aromatic rings. The van der Waals surface area contributed by atoms with Crippen molar-refractivity contribution < 1.29 is 22.7 Å². The monoisotopic (exact) mass is 308 g/mol. The number of halogens is 3. The molecule has 2 fully saturated rings. The van der Waals surface area contributed by atoms with Crippen LogP contribution in [0.4, 0.5) is 13.2 Å². The van der Waals surface area contributed by atoms with Crippen molar-refractivity contribution in [2.75, 3.05) is 26.7 Å². The van der Waals surface area contributed by atoms with Gasteiger partial charge >= 0.3 is 12.1 Å². The van der Waals surface area contributed by atoms with Gasteiger partial charge in [0.25, 0.3) is 0 Å². The zero-order chi connectivity index (χ0) is 15.7. The summed E-state index contributed by atoms with van der Waals surface area (Å²) in [6.07, 6.45) is -1.01. The molecular formula is C14H23F3N2O2. The van der Waals surface area contributed by atoms with E-state index in [2.05, 4.69) is 5.32 Å². The van der Waals surface area contributed by atoms with E-state index in [-0.39, 0.29) is 25.1 Å². The summed E-state index contributed by atoms with van der Waals surface area (Å²) in [5.41, 5.74) is -1.01. The summed E-state index contributed by atoms with van der Waals surface area (Å²) in [5.74, 6) is -0.362. The van der Waals surface area contributed by atoms with Gasteiger partial charge in [-0.1, -0.05) is 0 Å². The van der Waals surface area contributed by atoms with Crippen LogP contribution in [-0.2, 0) is 9.53 Å². The van der Waals surface area contributed by atoms with E-state index >= 15 is 0 Å². The molecule has 2 aliphatic carbocycles. The molecule has 0 heterocycles. The molecule has 1 N–H and O–H groups in total. The fourth-order valence-corrected chi connectivity index (χ4v) is 2.89. The Bertz CT molecular complexity index is 381. The first-order valence-corrected chi connectivity index (χ1v) is 7.49. The van der Waals surface area contributed by atoms with Crippen LogP contribution in [0, 0.1) is 5.92 Å². The number of esters is 1. The lowest BCUT2D eigenvalue weighted by Gasteiger charge is -2.37. The van der Waals surface area contributed by atoms with Crippen LogP contribution in [0.5, 0.6) is 0 Å². The maximum atomic E-state index is 12.8. The van der Waals surface area contributed by atoms with Crippen LogP contribution in [0.15, 0.2) is 0 Å². The number of likely N-dealkylation sites (N-methyl/N-ethyl adjacent to an activating group) is 1. The molecule has 7 heteroatoms. The summed E-state index contributed by atoms with van der Waals surface area (Å²) < 4.78 is 43.4. The molecule has 2 saturated carbocycles. The number of hydrogen-bond acceptors (Lipinski definition) is 4. The molecule has 1 atom stereocenters. The smallest absolute Gasteiger partial charge is 0.401 e. The van der Waals surface area contributed by atoms with Crippen LogP contribution in [-0.4, -0.2) is 55.4 Å². The van der Waals surface area contributed by atoms with Crippen molar-refractivity contribution >= 4 is 5.97 Å². The Morgan fingerprint density at radius 1 is 1.24 bits per heavy atom. The number of alkyl halides is 3. The van der Waals surface area contributed by atoms with Crippen LogP contribution in [0.1, 0.15) is 32.6 Å². The fourth-order valence-electron chi connectivity index (χ4n) is 2.89. The predicted octanol–water partition coefficient (Wildman–Crippen LogP) is 1.94. The van der Waals surface area contributed by atoms with E-state index < -0.39 is 24.2 Å². The molecule has 0 radical (unpaired) electrons. The summed E-state index contributed by atoms with van der Waals surface area (Å²) in [7, 11) is 1.63. The van der Waals surface area contributed by atoms with Crippen molar-refractivity contribution in [3.05, 3.63) is 0 Å². The molecule has 122 valence electrons. The fraction of sp³-hybridized carbons (Fsp3) is 0.929. The van der Waals surface area contributed by atoms with Crippen molar-refractivity contribution in [3.63, 3.8) is 0 Å². The first-order chi connectivity index (χ1) is 9.82. The molecule has 1 unspecified atom stereocenters. The molecule has 0 amide bonds. The molecular weight excluding hydrogens is 285 g/mol. The third kappa shape index (κ3) is 4.10. The number of carbonyl (C=O) groups is 1. The van der Waals surface area contributed by atoms with E-state index in [1.165, 1.54) is 4.90 Å². The number of nitrogens with one attached hydrogen (secondary N) is 1. The topological polar surface area (TPSA) is 41.6 Å². The summed E-state index contributed by atoms with van der Waals surface area (Å²) in [6.45, 7) is 1.04. The van der Waals surface area contributed by atoms with Gasteiger partial charge in [0, 0.05) is 12.6 Å². The second-order valence-electron chi connectivity index (χ2n) is 5.97. The number of rotatable bonds is 8. The number of nitrogens with zero attached hydrogens (tertiary/aromatic N) is 1. The standard InChI is InChI=1S/C14H23F3N2O2/c1-3-21-12(20)13(18-2,10-4-5-10)8-19(11-6-7-11)9-14(15,16)17/h10-11,18H,3-9H2,1-2H3. The molecule has 0 saturated heterocycles. The van der Waals surface area contributed by atoms with Crippen molar-refractivity contribution in [2.24, 2.45) is 5.92 Å². The maximum absolute atomic E-state index is 12.8. The summed E-state index contributed by atoms with van der Waals surface area (Å²) in [5, 5.41) is 2.98. The lowest BCUT2D eigenvalue weighted by molar-refractivity contribution is -0.161. The van der Waals surface area contributed by atoms with Crippen molar-refractivity contribution in [1.82, 2.24) is 10.2 Å². The lowest BCUT2D eigenvalue weighted by atomic mass is 9.92. The molecule has 0 aromatic heterocycles. The van der Waals surface area contributed by atoms with Gasteiger partial charge in [0.1, 0.15) is 5.54 Å². The van der Waals surface area contributed by atoms with E-state index in [0.29, 0.717) is 0 Å². The highest BCUT2D eigenvalue weighted by molar-refractivity contribution is 5.82. The second kappa shape index (κ2) is 6.12. The Kier molecular flexibility index (Phi) is 4.82. The molecule has 2 rings (SSSR count). The van der Waals surface area contributed by atoms with E-state index in [1.54, 1.807) is 14.0 Å². The predicted molar refractivity (Wildman–Crippen MR) is 71.8 cm³/mol. The Morgan fingerprint density at radius 3 is 2.24 bits per heavy atom. The molecule has 2 aliphatic rings. The van der Waals surface area contributed by atoms with Gasteiger partial charge in [-0.2, -0.15) is 13.2 Å². The third-order valence-electron chi connectivity index (χ3n) is 4.26. The third-order valence-corrected chi connectivity index (χ3v) is 4.26. The van der Waals surface area contributed by atoms with E-state index in [9.17, 15) is 18.0 Å². The molecule has 4 nitrogen and oxygen atoms in total. The second-order valence-corrected chi connectivity index (χ2v) is 5.97. The van der Waals surface area contributed by atoms with Gasteiger partial charge in [-0.3, -0.25) is 4.90 Å². The Balaban J connectivity index is 2.14. The largest absolute Gasteiger partial charge is 0.465 e. The van der Waals surface area contributed by atoms with E-state index in [0.717, 1.165) is 25.7 Å². The van der Waals surface area contributed by atoms with Crippen LogP contribution in [0.25, 0.3) is 0 Å². The normalized spacial score (nSPS) is 22.2. The van der Waals surface area contributed by atoms with Gasteiger partial charge in [-0.25, -0.2) is 4.79 Å². The zero-order valence-corrected chi connectivity index (χ0v) is 12.5. The van der Waals surface area contributed by atoms with Crippen molar-refractivity contribution in [2.45, 2.75) is 50.4 Å². The Morgan fingerprint density at radius 2 is 1.86 bits per heavy atom. The average Bonchev–Trinajstić information content (AvgIpc) is 3.26. The minimum absolute atomic E-state index is 0.0625. The molecule has 21 heavy (non-hydrogen) atoms. The van der Waals surface area contributed by atoms with Gasteiger partial charge in [0.05, 0.1) is 13.2 Å². The van der Waals surface area contributed by atoms with Crippen LogP contribution < -0.4 is 5.32 Å². The highest BCUT2D eigenvalue weighted by Gasteiger charge is 2.54. The maximum Gasteiger partial charge on any atom is 0.401 e. The van der Waals surface area contributed by atoms with Crippen molar-refractivity contribution in [1.29, 1.82) is 0 Å². The summed E-state index contributed by atoms with van der Waals surface area (Å²) in [6, 6.07) is -0.0625. The van der Waals surface area contributed by atoms with Gasteiger partial charge in [-0.05, 0) is 45.6 Å². The molecule has 0 aliphatic heterocycles. The summed E-state index contributed by atoms with van der Waals surface area (Å²) in [4.78, 5) is 13.7. The molecule has 0 aromatic carbocycles. The average molecular weight is 308 g/mol. The first kappa shape index (κ1) is 16.5. The summed E-state index contributed by atoms with van der Waals surface area (Å²) >= 11 is 0. The van der Waals surface area contributed by atoms with Gasteiger partial charge in [0.2, 0.25) is 0 Å². The van der Waals surface area contributed by atoms with Crippen LogP contribution in [0.3, 0.4) is 0 Å². The minimum Gasteiger partial charge on any atom is -0.465 e. The van der Waals surface area contributed by atoms with E-state index in [4.69, 9.17) is 4.74 Å². The van der Waals surface area contributed by atoms with Crippen LogP contribution >= 0.6 is 0 Å². The quantitative estimate of drug-likeness (QED) is 0.696. The number of ether oxygens (including phenoxy) is 1. The number of carbonyl (C=O) groups excluding carboxylic acids is 1. The van der Waals surface area contributed by atoms with Gasteiger partial charge in [-0.15, -0.1) is 0 Å².